The summed E-state index contributed by atoms with van der Waals surface area (Å²) < 4.78 is 0. The number of hydrogen-bond donors (Lipinski definition) is 1. The summed E-state index contributed by atoms with van der Waals surface area (Å²) in [5.41, 5.74) is 3.20. The number of nitrogens with one attached hydrogen (secondary N) is 1. The van der Waals surface area contributed by atoms with Gasteiger partial charge in [0.25, 0.3) is 0 Å². The fraction of sp³-hybridized carbons (Fsp3) is 0.308. The summed E-state index contributed by atoms with van der Waals surface area (Å²) in [6.45, 7) is 5.14. The van der Waals surface area contributed by atoms with Crippen LogP contribution in [-0.2, 0) is 0 Å². The molecule has 1 heterocycles. The van der Waals surface area contributed by atoms with Gasteiger partial charge in [0, 0.05) is 23.8 Å². The van der Waals surface area contributed by atoms with Crippen LogP contribution in [0, 0.1) is 6.92 Å². The van der Waals surface area contributed by atoms with Crippen molar-refractivity contribution in [2.75, 3.05) is 11.9 Å². The van der Waals surface area contributed by atoms with Crippen LogP contribution in [0.25, 0.3) is 10.9 Å². The van der Waals surface area contributed by atoms with E-state index in [4.69, 9.17) is 11.6 Å². The molecule has 0 fully saturated rings. The number of hydrogen-bond acceptors (Lipinski definition) is 2. The van der Waals surface area contributed by atoms with Crippen molar-refractivity contribution in [3.05, 3.63) is 35.0 Å². The molecule has 84 valence electrons. The normalized spacial score (nSPS) is 10.7. The predicted molar refractivity (Wildman–Crippen MR) is 70.3 cm³/mol. The fourth-order valence-electron chi connectivity index (χ4n) is 1.77. The molecule has 0 unspecified atom stereocenters. The quantitative estimate of drug-likeness (QED) is 0.868. The summed E-state index contributed by atoms with van der Waals surface area (Å²) in [6, 6.07) is 5.91. The van der Waals surface area contributed by atoms with E-state index in [0.29, 0.717) is 0 Å². The van der Waals surface area contributed by atoms with Gasteiger partial charge in [0.05, 0.1) is 10.5 Å². The smallest absolute Gasteiger partial charge is 0.0766 e. The zero-order valence-electron chi connectivity index (χ0n) is 9.55. The van der Waals surface area contributed by atoms with Crippen LogP contribution in [0.1, 0.15) is 18.9 Å². The predicted octanol–water partition coefficient (Wildman–Crippen LogP) is 4.02. The summed E-state index contributed by atoms with van der Waals surface area (Å²) >= 11 is 6.23. The van der Waals surface area contributed by atoms with Crippen molar-refractivity contribution in [1.82, 2.24) is 4.98 Å². The molecule has 0 amide bonds. The minimum absolute atomic E-state index is 0.757. The fourth-order valence-corrected chi connectivity index (χ4v) is 2.02. The molecule has 0 saturated carbocycles. The number of anilines is 1. The van der Waals surface area contributed by atoms with Crippen LogP contribution in [-0.4, -0.2) is 11.5 Å². The Kier molecular flexibility index (Phi) is 3.30. The second kappa shape index (κ2) is 4.71. The van der Waals surface area contributed by atoms with Crippen LogP contribution in [0.5, 0.6) is 0 Å². The van der Waals surface area contributed by atoms with Crippen LogP contribution >= 0.6 is 11.6 Å². The Hall–Kier alpha value is -1.28. The van der Waals surface area contributed by atoms with Crippen LogP contribution in [0.15, 0.2) is 24.4 Å². The summed E-state index contributed by atoms with van der Waals surface area (Å²) in [5.74, 6) is 0. The van der Waals surface area contributed by atoms with Gasteiger partial charge >= 0.3 is 0 Å². The summed E-state index contributed by atoms with van der Waals surface area (Å²) in [5, 5.41) is 5.16. The van der Waals surface area contributed by atoms with E-state index in [1.165, 1.54) is 0 Å². The minimum Gasteiger partial charge on any atom is -0.384 e. The Bertz CT molecular complexity index is 509. The van der Waals surface area contributed by atoms with Crippen molar-refractivity contribution in [2.45, 2.75) is 20.3 Å². The van der Waals surface area contributed by atoms with E-state index in [2.05, 4.69) is 24.1 Å². The number of fused-ring (bicyclic) bond motifs is 1. The average molecular weight is 235 g/mol. The first-order valence-corrected chi connectivity index (χ1v) is 5.89. The van der Waals surface area contributed by atoms with Crippen LogP contribution in [0.3, 0.4) is 0 Å². The topological polar surface area (TPSA) is 24.9 Å². The molecule has 3 heteroatoms. The van der Waals surface area contributed by atoms with Gasteiger partial charge in [-0.05, 0) is 31.0 Å². The van der Waals surface area contributed by atoms with Crippen molar-refractivity contribution < 1.29 is 0 Å². The van der Waals surface area contributed by atoms with E-state index < -0.39 is 0 Å². The minimum atomic E-state index is 0.757. The molecular formula is C13H15ClN2. The molecule has 1 N–H and O–H groups in total. The molecule has 1 aromatic carbocycles. The number of benzene rings is 1. The Morgan fingerprint density at radius 3 is 2.88 bits per heavy atom. The molecule has 2 aromatic rings. The second-order valence-corrected chi connectivity index (χ2v) is 4.28. The van der Waals surface area contributed by atoms with Gasteiger partial charge in [-0.2, -0.15) is 0 Å². The highest BCUT2D eigenvalue weighted by Gasteiger charge is 2.07. The molecule has 0 aliphatic heterocycles. The van der Waals surface area contributed by atoms with E-state index >= 15 is 0 Å². The third-order valence-electron chi connectivity index (χ3n) is 2.61. The van der Waals surface area contributed by atoms with Crippen molar-refractivity contribution in [2.24, 2.45) is 0 Å². The zero-order valence-corrected chi connectivity index (χ0v) is 10.3. The van der Waals surface area contributed by atoms with Crippen molar-refractivity contribution >= 4 is 28.2 Å². The van der Waals surface area contributed by atoms with Gasteiger partial charge in [-0.3, -0.25) is 4.98 Å². The number of rotatable bonds is 3. The first-order chi connectivity index (χ1) is 7.74. The van der Waals surface area contributed by atoms with Gasteiger partial charge < -0.3 is 5.32 Å². The molecule has 0 spiro atoms. The van der Waals surface area contributed by atoms with Gasteiger partial charge in [0.1, 0.15) is 0 Å². The van der Waals surface area contributed by atoms with Gasteiger partial charge in [0.15, 0.2) is 0 Å². The SMILES string of the molecule is CCCNc1ccnc2c(C)ccc(Cl)c12. The summed E-state index contributed by atoms with van der Waals surface area (Å²) in [4.78, 5) is 4.39. The largest absolute Gasteiger partial charge is 0.384 e. The first-order valence-electron chi connectivity index (χ1n) is 5.51. The lowest BCUT2D eigenvalue weighted by atomic mass is 10.1. The maximum Gasteiger partial charge on any atom is 0.0766 e. The maximum atomic E-state index is 6.23. The van der Waals surface area contributed by atoms with E-state index in [1.54, 1.807) is 0 Å². The maximum absolute atomic E-state index is 6.23. The van der Waals surface area contributed by atoms with E-state index in [1.807, 2.05) is 24.4 Å². The van der Waals surface area contributed by atoms with Crippen molar-refractivity contribution in [3.63, 3.8) is 0 Å². The van der Waals surface area contributed by atoms with E-state index in [-0.39, 0.29) is 0 Å². The molecule has 2 nitrogen and oxygen atoms in total. The van der Waals surface area contributed by atoms with Gasteiger partial charge in [0.2, 0.25) is 0 Å². The number of aryl methyl sites for hydroxylation is 1. The van der Waals surface area contributed by atoms with Gasteiger partial charge in [-0.15, -0.1) is 0 Å². The number of pyridine rings is 1. The summed E-state index contributed by atoms with van der Waals surface area (Å²) in [7, 11) is 0. The molecule has 0 radical (unpaired) electrons. The molecular weight excluding hydrogens is 220 g/mol. The van der Waals surface area contributed by atoms with E-state index in [9.17, 15) is 0 Å². The lowest BCUT2D eigenvalue weighted by Gasteiger charge is -2.10. The highest BCUT2D eigenvalue weighted by atomic mass is 35.5. The number of halogens is 1. The third-order valence-corrected chi connectivity index (χ3v) is 2.92. The molecule has 1 aromatic heterocycles. The molecule has 16 heavy (non-hydrogen) atoms. The molecule has 0 bridgehead atoms. The average Bonchev–Trinajstić information content (AvgIpc) is 2.31. The lowest BCUT2D eigenvalue weighted by molar-refractivity contribution is 0.981. The highest BCUT2D eigenvalue weighted by Crippen LogP contribution is 2.30. The van der Waals surface area contributed by atoms with Crippen molar-refractivity contribution in [3.8, 4) is 0 Å². The molecule has 0 saturated heterocycles. The van der Waals surface area contributed by atoms with Crippen LogP contribution in [0.2, 0.25) is 5.02 Å². The number of aromatic nitrogens is 1. The Morgan fingerprint density at radius 2 is 2.12 bits per heavy atom. The second-order valence-electron chi connectivity index (χ2n) is 3.87. The molecule has 0 aliphatic rings. The Morgan fingerprint density at radius 1 is 1.31 bits per heavy atom. The highest BCUT2D eigenvalue weighted by molar-refractivity contribution is 6.36. The standard InChI is InChI=1S/C13H15ClN2/c1-3-7-15-11-6-8-16-13-9(2)4-5-10(14)12(11)13/h4-6,8H,3,7H2,1-2H3,(H,15,16). The Labute approximate surface area is 101 Å². The lowest BCUT2D eigenvalue weighted by Crippen LogP contribution is -2.01. The van der Waals surface area contributed by atoms with Crippen LogP contribution < -0.4 is 5.32 Å². The molecule has 0 aliphatic carbocycles. The molecule has 2 rings (SSSR count). The zero-order chi connectivity index (χ0) is 11.5. The first kappa shape index (κ1) is 11.2. The molecule has 0 atom stereocenters. The van der Waals surface area contributed by atoms with Gasteiger partial charge in [-0.1, -0.05) is 24.6 Å². The van der Waals surface area contributed by atoms with Crippen LogP contribution in [0.4, 0.5) is 5.69 Å². The Balaban J connectivity index is 2.61. The van der Waals surface area contributed by atoms with Gasteiger partial charge in [-0.25, -0.2) is 0 Å². The third kappa shape index (κ3) is 1.98. The van der Waals surface area contributed by atoms with E-state index in [0.717, 1.165) is 40.1 Å². The van der Waals surface area contributed by atoms with Crippen molar-refractivity contribution in [1.29, 1.82) is 0 Å². The summed E-state index contributed by atoms with van der Waals surface area (Å²) in [6.07, 6.45) is 2.91. The monoisotopic (exact) mass is 234 g/mol. The number of nitrogens with zero attached hydrogens (tertiary/aromatic N) is 1.